The summed E-state index contributed by atoms with van der Waals surface area (Å²) >= 11 is 5.80. The van der Waals surface area contributed by atoms with Gasteiger partial charge in [0.25, 0.3) is 5.91 Å². The Labute approximate surface area is 121 Å². The van der Waals surface area contributed by atoms with E-state index < -0.39 is 0 Å². The predicted octanol–water partition coefficient (Wildman–Crippen LogP) is 3.20. The second kappa shape index (κ2) is 6.82. The van der Waals surface area contributed by atoms with Gasteiger partial charge in [-0.2, -0.15) is 5.10 Å². The Morgan fingerprint density at radius 2 is 1.70 bits per heavy atom. The van der Waals surface area contributed by atoms with Crippen molar-refractivity contribution in [1.29, 1.82) is 0 Å². The molecule has 0 bridgehead atoms. The fraction of sp³-hybridized carbons (Fsp3) is 0.0667. The number of hydrogen-bond acceptors (Lipinski definition) is 2. The van der Waals surface area contributed by atoms with Gasteiger partial charge in [0, 0.05) is 5.56 Å². The van der Waals surface area contributed by atoms with E-state index in [9.17, 15) is 9.18 Å². The Kier molecular flexibility index (Phi) is 4.85. The molecular formula is C15H12ClFN2O. The lowest BCUT2D eigenvalue weighted by Gasteiger charge is -2.04. The third-order valence-electron chi connectivity index (χ3n) is 2.63. The van der Waals surface area contributed by atoms with Crippen LogP contribution >= 0.6 is 11.6 Å². The average Bonchev–Trinajstić information content (AvgIpc) is 2.50. The molecule has 0 unspecified atom stereocenters. The van der Waals surface area contributed by atoms with Crippen molar-refractivity contribution in [3.8, 4) is 0 Å². The summed E-state index contributed by atoms with van der Waals surface area (Å²) in [6.07, 6.45) is 0. The first-order valence-electron chi connectivity index (χ1n) is 5.94. The summed E-state index contributed by atoms with van der Waals surface area (Å²) in [6.45, 7) is 0. The van der Waals surface area contributed by atoms with Crippen molar-refractivity contribution in [2.75, 3.05) is 5.88 Å². The second-order valence-electron chi connectivity index (χ2n) is 4.01. The van der Waals surface area contributed by atoms with E-state index in [1.165, 1.54) is 12.1 Å². The highest BCUT2D eigenvalue weighted by atomic mass is 35.5. The maximum absolute atomic E-state index is 12.8. The predicted molar refractivity (Wildman–Crippen MR) is 77.6 cm³/mol. The minimum Gasteiger partial charge on any atom is -0.267 e. The molecule has 0 aromatic heterocycles. The van der Waals surface area contributed by atoms with Crippen LogP contribution in [0.4, 0.5) is 4.39 Å². The molecule has 20 heavy (non-hydrogen) atoms. The van der Waals surface area contributed by atoms with Gasteiger partial charge in [-0.05, 0) is 29.8 Å². The second-order valence-corrected chi connectivity index (χ2v) is 4.27. The summed E-state index contributed by atoms with van der Waals surface area (Å²) in [5.41, 5.74) is 4.07. The van der Waals surface area contributed by atoms with E-state index in [1.54, 1.807) is 36.4 Å². The lowest BCUT2D eigenvalue weighted by atomic mass is 10.1. The van der Waals surface area contributed by atoms with Gasteiger partial charge in [0.15, 0.2) is 0 Å². The number of halogens is 2. The SMILES string of the molecule is O=C(N/N=C(\CCl)c1ccc(F)cc1)c1ccccc1. The van der Waals surface area contributed by atoms with Crippen LogP contribution in [0.3, 0.4) is 0 Å². The number of alkyl halides is 1. The van der Waals surface area contributed by atoms with E-state index in [0.717, 1.165) is 0 Å². The van der Waals surface area contributed by atoms with Crippen LogP contribution in [0.2, 0.25) is 0 Å². The van der Waals surface area contributed by atoms with Crippen LogP contribution in [-0.2, 0) is 0 Å². The standard InChI is InChI=1S/C15H12ClFN2O/c16-10-14(11-6-8-13(17)9-7-11)18-19-15(20)12-4-2-1-3-5-12/h1-9H,10H2,(H,19,20)/b18-14+. The number of amides is 1. The maximum Gasteiger partial charge on any atom is 0.271 e. The molecule has 0 aliphatic carbocycles. The van der Waals surface area contributed by atoms with Crippen molar-refractivity contribution in [2.45, 2.75) is 0 Å². The van der Waals surface area contributed by atoms with E-state index in [-0.39, 0.29) is 17.6 Å². The van der Waals surface area contributed by atoms with Gasteiger partial charge in [-0.1, -0.05) is 30.3 Å². The Morgan fingerprint density at radius 3 is 2.30 bits per heavy atom. The molecule has 3 nitrogen and oxygen atoms in total. The van der Waals surface area contributed by atoms with E-state index in [4.69, 9.17) is 11.6 Å². The Hall–Kier alpha value is -2.20. The minimum absolute atomic E-state index is 0.112. The zero-order valence-corrected chi connectivity index (χ0v) is 11.3. The molecule has 0 aliphatic heterocycles. The van der Waals surface area contributed by atoms with Crippen LogP contribution in [0.5, 0.6) is 0 Å². The highest BCUT2D eigenvalue weighted by Gasteiger charge is 2.06. The van der Waals surface area contributed by atoms with Crippen LogP contribution in [-0.4, -0.2) is 17.5 Å². The number of hydrogen-bond donors (Lipinski definition) is 1. The Morgan fingerprint density at radius 1 is 1.05 bits per heavy atom. The molecule has 0 atom stereocenters. The molecule has 5 heteroatoms. The molecule has 0 saturated heterocycles. The van der Waals surface area contributed by atoms with Crippen molar-refractivity contribution < 1.29 is 9.18 Å². The van der Waals surface area contributed by atoms with Gasteiger partial charge in [0.1, 0.15) is 5.82 Å². The van der Waals surface area contributed by atoms with E-state index in [2.05, 4.69) is 10.5 Å². The summed E-state index contributed by atoms with van der Waals surface area (Å²) in [4.78, 5) is 11.8. The van der Waals surface area contributed by atoms with Gasteiger partial charge in [0.05, 0.1) is 11.6 Å². The van der Waals surface area contributed by atoms with E-state index in [0.29, 0.717) is 16.8 Å². The molecule has 1 amide bonds. The largest absolute Gasteiger partial charge is 0.271 e. The molecule has 102 valence electrons. The van der Waals surface area contributed by atoms with Gasteiger partial charge in [0.2, 0.25) is 0 Å². The van der Waals surface area contributed by atoms with E-state index >= 15 is 0 Å². The molecule has 0 fully saturated rings. The first-order valence-corrected chi connectivity index (χ1v) is 6.48. The van der Waals surface area contributed by atoms with Gasteiger partial charge in [-0.3, -0.25) is 4.79 Å². The monoisotopic (exact) mass is 290 g/mol. The van der Waals surface area contributed by atoms with Gasteiger partial charge in [-0.25, -0.2) is 9.82 Å². The number of nitrogens with one attached hydrogen (secondary N) is 1. The summed E-state index contributed by atoms with van der Waals surface area (Å²) in [5.74, 6) is -0.549. The zero-order chi connectivity index (χ0) is 14.4. The quantitative estimate of drug-likeness (QED) is 0.524. The fourth-order valence-corrected chi connectivity index (χ4v) is 1.80. The molecule has 0 radical (unpaired) electrons. The van der Waals surface area contributed by atoms with Crippen molar-refractivity contribution in [1.82, 2.24) is 5.43 Å². The number of benzene rings is 2. The lowest BCUT2D eigenvalue weighted by molar-refractivity contribution is 0.0955. The minimum atomic E-state index is -0.337. The van der Waals surface area contributed by atoms with Crippen LogP contribution in [0.1, 0.15) is 15.9 Å². The Bertz CT molecular complexity index is 612. The molecule has 2 aromatic carbocycles. The van der Waals surface area contributed by atoms with Crippen LogP contribution in [0, 0.1) is 5.82 Å². The van der Waals surface area contributed by atoms with Crippen LogP contribution in [0.25, 0.3) is 0 Å². The number of nitrogens with zero attached hydrogens (tertiary/aromatic N) is 1. The van der Waals surface area contributed by atoms with Crippen molar-refractivity contribution in [3.63, 3.8) is 0 Å². The summed E-state index contributed by atoms with van der Waals surface area (Å²) in [7, 11) is 0. The number of hydrazone groups is 1. The van der Waals surface area contributed by atoms with Crippen molar-refractivity contribution >= 4 is 23.2 Å². The molecular weight excluding hydrogens is 279 g/mol. The number of rotatable bonds is 4. The number of carbonyl (C=O) groups is 1. The van der Waals surface area contributed by atoms with Crippen molar-refractivity contribution in [3.05, 3.63) is 71.5 Å². The van der Waals surface area contributed by atoms with Crippen molar-refractivity contribution in [2.24, 2.45) is 5.10 Å². The highest BCUT2D eigenvalue weighted by Crippen LogP contribution is 2.06. The average molecular weight is 291 g/mol. The summed E-state index contributed by atoms with van der Waals surface area (Å²) in [5, 5.41) is 3.98. The third kappa shape index (κ3) is 3.65. The fourth-order valence-electron chi connectivity index (χ4n) is 1.59. The van der Waals surface area contributed by atoms with Gasteiger partial charge < -0.3 is 0 Å². The molecule has 0 aliphatic rings. The smallest absolute Gasteiger partial charge is 0.267 e. The molecule has 2 aromatic rings. The maximum atomic E-state index is 12.8. The van der Waals surface area contributed by atoms with Gasteiger partial charge >= 0.3 is 0 Å². The first-order chi connectivity index (χ1) is 9.70. The molecule has 0 heterocycles. The highest BCUT2D eigenvalue weighted by molar-refractivity contribution is 6.31. The normalized spacial score (nSPS) is 11.2. The Balaban J connectivity index is 2.12. The van der Waals surface area contributed by atoms with Crippen LogP contribution in [0.15, 0.2) is 59.7 Å². The molecule has 1 N–H and O–H groups in total. The summed E-state index contributed by atoms with van der Waals surface area (Å²) < 4.78 is 12.8. The van der Waals surface area contributed by atoms with Crippen LogP contribution < -0.4 is 5.43 Å². The topological polar surface area (TPSA) is 41.5 Å². The van der Waals surface area contributed by atoms with E-state index in [1.807, 2.05) is 6.07 Å². The van der Waals surface area contributed by atoms with Gasteiger partial charge in [-0.15, -0.1) is 11.6 Å². The molecule has 0 spiro atoms. The summed E-state index contributed by atoms with van der Waals surface area (Å²) in [6, 6.07) is 14.5. The number of carbonyl (C=O) groups excluding carboxylic acids is 1. The molecule has 2 rings (SSSR count). The first kappa shape index (κ1) is 14.2. The zero-order valence-electron chi connectivity index (χ0n) is 10.5. The third-order valence-corrected chi connectivity index (χ3v) is 2.89. The molecule has 0 saturated carbocycles. The lowest BCUT2D eigenvalue weighted by Crippen LogP contribution is -2.20.